The van der Waals surface area contributed by atoms with Crippen LogP contribution in [0.5, 0.6) is 0 Å². The number of hydrogen-bond acceptors (Lipinski definition) is 4. The SMILES string of the molecule is COC(=O)CC(N)c1csc(Br)c1. The van der Waals surface area contributed by atoms with Crippen molar-refractivity contribution in [1.29, 1.82) is 0 Å². The third kappa shape index (κ3) is 3.10. The highest BCUT2D eigenvalue weighted by Crippen LogP contribution is 2.25. The Labute approximate surface area is 89.0 Å². The Morgan fingerprint density at radius 1 is 1.85 bits per heavy atom. The molecule has 0 aliphatic carbocycles. The lowest BCUT2D eigenvalue weighted by atomic mass is 10.1. The fourth-order valence-corrected chi connectivity index (χ4v) is 2.14. The summed E-state index contributed by atoms with van der Waals surface area (Å²) in [5.74, 6) is -0.283. The smallest absolute Gasteiger partial charge is 0.307 e. The molecule has 0 bridgehead atoms. The minimum atomic E-state index is -0.283. The van der Waals surface area contributed by atoms with Crippen LogP contribution in [0.4, 0.5) is 0 Å². The Balaban J connectivity index is 2.58. The number of carbonyl (C=O) groups excluding carboxylic acids is 1. The topological polar surface area (TPSA) is 52.3 Å². The largest absolute Gasteiger partial charge is 0.469 e. The van der Waals surface area contributed by atoms with Gasteiger partial charge in [0.05, 0.1) is 17.3 Å². The van der Waals surface area contributed by atoms with Crippen LogP contribution in [-0.4, -0.2) is 13.1 Å². The summed E-state index contributed by atoms with van der Waals surface area (Å²) < 4.78 is 5.54. The first-order valence-corrected chi connectivity index (χ1v) is 5.37. The van der Waals surface area contributed by atoms with E-state index in [4.69, 9.17) is 5.73 Å². The second-order valence-corrected chi connectivity index (χ2v) is 4.86. The van der Waals surface area contributed by atoms with E-state index in [0.717, 1.165) is 9.35 Å². The summed E-state index contributed by atoms with van der Waals surface area (Å²) in [7, 11) is 1.36. The van der Waals surface area contributed by atoms with E-state index in [1.165, 1.54) is 7.11 Å². The number of esters is 1. The van der Waals surface area contributed by atoms with Gasteiger partial charge in [0.25, 0.3) is 0 Å². The highest BCUT2D eigenvalue weighted by molar-refractivity contribution is 9.11. The number of methoxy groups -OCH3 is 1. The van der Waals surface area contributed by atoms with Crippen LogP contribution in [0.25, 0.3) is 0 Å². The van der Waals surface area contributed by atoms with Crippen LogP contribution < -0.4 is 5.73 Å². The van der Waals surface area contributed by atoms with E-state index in [9.17, 15) is 4.79 Å². The summed E-state index contributed by atoms with van der Waals surface area (Å²) >= 11 is 4.88. The fourth-order valence-electron chi connectivity index (χ4n) is 0.899. The van der Waals surface area contributed by atoms with Crippen molar-refractivity contribution in [1.82, 2.24) is 0 Å². The summed E-state index contributed by atoms with van der Waals surface area (Å²) in [6.45, 7) is 0. The summed E-state index contributed by atoms with van der Waals surface area (Å²) in [6.07, 6.45) is 0.222. The van der Waals surface area contributed by atoms with Gasteiger partial charge < -0.3 is 10.5 Å². The average molecular weight is 264 g/mol. The van der Waals surface area contributed by atoms with Gasteiger partial charge in [-0.25, -0.2) is 0 Å². The van der Waals surface area contributed by atoms with Crippen LogP contribution in [0.2, 0.25) is 0 Å². The van der Waals surface area contributed by atoms with Gasteiger partial charge >= 0.3 is 5.97 Å². The first kappa shape index (κ1) is 10.7. The van der Waals surface area contributed by atoms with Crippen LogP contribution >= 0.6 is 27.3 Å². The van der Waals surface area contributed by atoms with Crippen molar-refractivity contribution in [2.75, 3.05) is 7.11 Å². The van der Waals surface area contributed by atoms with Crippen LogP contribution in [-0.2, 0) is 9.53 Å². The second kappa shape index (κ2) is 4.74. The van der Waals surface area contributed by atoms with Crippen LogP contribution in [0.15, 0.2) is 15.2 Å². The van der Waals surface area contributed by atoms with E-state index in [-0.39, 0.29) is 18.4 Å². The van der Waals surface area contributed by atoms with Crippen molar-refractivity contribution in [3.8, 4) is 0 Å². The van der Waals surface area contributed by atoms with Crippen molar-refractivity contribution >= 4 is 33.2 Å². The molecule has 1 aromatic rings. The standard InChI is InChI=1S/C8H10BrNO2S/c1-12-8(11)3-6(10)5-2-7(9)13-4-5/h2,4,6H,3,10H2,1H3. The zero-order valence-corrected chi connectivity index (χ0v) is 9.52. The highest BCUT2D eigenvalue weighted by Gasteiger charge is 2.12. The highest BCUT2D eigenvalue weighted by atomic mass is 79.9. The lowest BCUT2D eigenvalue weighted by molar-refractivity contribution is -0.141. The van der Waals surface area contributed by atoms with E-state index >= 15 is 0 Å². The average Bonchev–Trinajstić information content (AvgIpc) is 2.51. The van der Waals surface area contributed by atoms with Crippen LogP contribution in [0.1, 0.15) is 18.0 Å². The van der Waals surface area contributed by atoms with Gasteiger partial charge in [-0.3, -0.25) is 4.79 Å². The number of rotatable bonds is 3. The normalized spacial score (nSPS) is 12.5. The molecule has 13 heavy (non-hydrogen) atoms. The van der Waals surface area contributed by atoms with Gasteiger partial charge in [-0.05, 0) is 32.9 Å². The number of hydrogen-bond donors (Lipinski definition) is 1. The number of halogens is 1. The van der Waals surface area contributed by atoms with Crippen LogP contribution in [0, 0.1) is 0 Å². The zero-order valence-electron chi connectivity index (χ0n) is 7.12. The third-order valence-electron chi connectivity index (χ3n) is 1.63. The quantitative estimate of drug-likeness (QED) is 0.850. The van der Waals surface area contributed by atoms with Crippen molar-refractivity contribution in [3.63, 3.8) is 0 Å². The lowest BCUT2D eigenvalue weighted by Gasteiger charge is -2.06. The van der Waals surface area contributed by atoms with Gasteiger partial charge in [-0.15, -0.1) is 11.3 Å². The van der Waals surface area contributed by atoms with Crippen LogP contribution in [0.3, 0.4) is 0 Å². The summed E-state index contributed by atoms with van der Waals surface area (Å²) in [5, 5.41) is 1.93. The predicted octanol–water partition coefficient (Wildman–Crippen LogP) is 2.07. The molecule has 1 rings (SSSR count). The maximum Gasteiger partial charge on any atom is 0.307 e. The second-order valence-electron chi connectivity index (χ2n) is 2.57. The minimum absolute atomic E-state index is 0.222. The first-order valence-electron chi connectivity index (χ1n) is 3.70. The van der Waals surface area contributed by atoms with Gasteiger partial charge in [0.2, 0.25) is 0 Å². The minimum Gasteiger partial charge on any atom is -0.469 e. The summed E-state index contributed by atoms with van der Waals surface area (Å²) in [5.41, 5.74) is 6.73. The van der Waals surface area contributed by atoms with Gasteiger partial charge in [-0.2, -0.15) is 0 Å². The molecule has 0 fully saturated rings. The van der Waals surface area contributed by atoms with Gasteiger partial charge in [0, 0.05) is 6.04 Å². The van der Waals surface area contributed by atoms with E-state index in [1.54, 1.807) is 11.3 Å². The number of nitrogens with two attached hydrogens (primary N) is 1. The molecule has 1 aromatic heterocycles. The maximum absolute atomic E-state index is 10.9. The molecule has 0 amide bonds. The maximum atomic E-state index is 10.9. The van der Waals surface area contributed by atoms with Crippen molar-refractivity contribution in [2.45, 2.75) is 12.5 Å². The van der Waals surface area contributed by atoms with Gasteiger partial charge in [0.1, 0.15) is 0 Å². The van der Waals surface area contributed by atoms with Crippen molar-refractivity contribution in [2.24, 2.45) is 5.73 Å². The van der Waals surface area contributed by atoms with Gasteiger partial charge in [-0.1, -0.05) is 0 Å². The molecule has 1 atom stereocenters. The molecule has 1 unspecified atom stereocenters. The van der Waals surface area contributed by atoms with Gasteiger partial charge in [0.15, 0.2) is 0 Å². The Morgan fingerprint density at radius 3 is 3.00 bits per heavy atom. The number of thiophene rings is 1. The summed E-state index contributed by atoms with van der Waals surface area (Å²) in [6, 6.07) is 1.65. The number of ether oxygens (including phenoxy) is 1. The van der Waals surface area contributed by atoms with E-state index in [1.807, 2.05) is 11.4 Å². The molecular formula is C8H10BrNO2S. The van der Waals surface area contributed by atoms with E-state index < -0.39 is 0 Å². The molecule has 0 aliphatic heterocycles. The molecule has 5 heteroatoms. The molecule has 0 aromatic carbocycles. The molecule has 0 spiro atoms. The molecule has 2 N–H and O–H groups in total. The predicted molar refractivity (Wildman–Crippen MR) is 55.6 cm³/mol. The Hall–Kier alpha value is -0.390. The van der Waals surface area contributed by atoms with Crippen molar-refractivity contribution in [3.05, 3.63) is 20.8 Å². The first-order chi connectivity index (χ1) is 6.13. The van der Waals surface area contributed by atoms with E-state index in [2.05, 4.69) is 20.7 Å². The molecule has 0 aliphatic rings. The molecule has 3 nitrogen and oxygen atoms in total. The molecule has 1 heterocycles. The zero-order chi connectivity index (χ0) is 9.84. The Bertz CT molecular complexity index is 300. The Kier molecular flexibility index (Phi) is 3.90. The molecular weight excluding hydrogens is 254 g/mol. The molecule has 0 saturated heterocycles. The third-order valence-corrected chi connectivity index (χ3v) is 3.15. The Morgan fingerprint density at radius 2 is 2.54 bits per heavy atom. The lowest BCUT2D eigenvalue weighted by Crippen LogP contribution is -2.15. The van der Waals surface area contributed by atoms with Crippen molar-refractivity contribution < 1.29 is 9.53 Å². The fraction of sp³-hybridized carbons (Fsp3) is 0.375. The number of carbonyl (C=O) groups is 1. The molecule has 0 saturated carbocycles. The van der Waals surface area contributed by atoms with E-state index in [0.29, 0.717) is 0 Å². The molecule has 0 radical (unpaired) electrons. The summed E-state index contributed by atoms with van der Waals surface area (Å²) in [4.78, 5) is 10.9. The molecule has 72 valence electrons. The monoisotopic (exact) mass is 263 g/mol.